The van der Waals surface area contributed by atoms with Crippen molar-refractivity contribution in [2.75, 3.05) is 0 Å². The third-order valence-corrected chi connectivity index (χ3v) is 15.9. The number of furan rings is 4. The van der Waals surface area contributed by atoms with Gasteiger partial charge < -0.3 is 17.7 Å². The van der Waals surface area contributed by atoms with Crippen LogP contribution < -0.4 is 0 Å². The molecule has 4 heterocycles. The Labute approximate surface area is 436 Å². The highest BCUT2D eigenvalue weighted by Gasteiger charge is 2.28. The molecule has 2 unspecified atom stereocenters. The van der Waals surface area contributed by atoms with E-state index in [0.29, 0.717) is 0 Å². The third-order valence-electron chi connectivity index (χ3n) is 15.9. The molecule has 16 aromatic rings. The Hall–Kier alpha value is -9.90. The van der Waals surface area contributed by atoms with Crippen molar-refractivity contribution in [3.8, 4) is 22.3 Å². The minimum atomic E-state index is -0.122. The fraction of sp³-hybridized carbons (Fsp3) is 0.0278. The molecular weight excluding hydrogens is 929 g/mol. The Balaban J connectivity index is 0.933. The second-order valence-electron chi connectivity index (χ2n) is 20.1. The first kappa shape index (κ1) is 42.6. The molecule has 4 heteroatoms. The average molecular weight is 973 g/mol. The summed E-state index contributed by atoms with van der Waals surface area (Å²) in [6.07, 6.45) is 0. The monoisotopic (exact) mass is 972 g/mol. The number of benzene rings is 12. The standard InChI is InChI=1S/C72H44O4/c1-5-19-43(20-6-1)65(55-31-17-29-52-49-27-13-15-33-60(49)74-70(52)55)47-35-37-51-59-41-57-58(68(46-25-11-4-12-26-46)72(59)76-62(51)39-47)42-64-69(67(57)45-23-9-3-10-24-45)54-38-36-48(40-63(54)73-64)66(44-21-7-2-8-22-44)56-32-18-30-53-50-28-14-16-34-61(50)75-71(53)56/h1-42,65-66H. The summed E-state index contributed by atoms with van der Waals surface area (Å²) in [5.41, 5.74) is 18.0. The second kappa shape index (κ2) is 16.8. The number of fused-ring (bicyclic) bond motifs is 13. The lowest BCUT2D eigenvalue weighted by atomic mass is 9.83. The summed E-state index contributed by atoms with van der Waals surface area (Å²) < 4.78 is 27.9. The van der Waals surface area contributed by atoms with Crippen LogP contribution in [0.4, 0.5) is 0 Å². The summed E-state index contributed by atoms with van der Waals surface area (Å²) in [7, 11) is 0. The van der Waals surface area contributed by atoms with Crippen LogP contribution in [0.25, 0.3) is 121 Å². The van der Waals surface area contributed by atoms with Crippen LogP contribution in [-0.2, 0) is 0 Å². The SMILES string of the molecule is c1ccc(-c2c3cc4oc5cc(C(c6ccccc6)c6cccc7c6oc6ccccc67)ccc5c4c(-c4ccccc4)c3cc3c2oc2cc(C(c4ccccc4)c4cccc5c4oc4ccccc45)ccc23)cc1. The summed E-state index contributed by atoms with van der Waals surface area (Å²) >= 11 is 0. The van der Waals surface area contributed by atoms with E-state index in [1.54, 1.807) is 0 Å². The summed E-state index contributed by atoms with van der Waals surface area (Å²) in [6.45, 7) is 0. The van der Waals surface area contributed by atoms with E-state index < -0.39 is 0 Å². The van der Waals surface area contributed by atoms with Gasteiger partial charge in [-0.05, 0) is 80.6 Å². The Kier molecular flexibility index (Phi) is 9.43. The molecule has 12 aromatic carbocycles. The van der Waals surface area contributed by atoms with Crippen LogP contribution in [0.2, 0.25) is 0 Å². The summed E-state index contributed by atoms with van der Waals surface area (Å²) in [5.74, 6) is -0.244. The van der Waals surface area contributed by atoms with Gasteiger partial charge in [0.15, 0.2) is 0 Å². The summed E-state index contributed by atoms with van der Waals surface area (Å²) in [4.78, 5) is 0. The van der Waals surface area contributed by atoms with Gasteiger partial charge >= 0.3 is 0 Å². The van der Waals surface area contributed by atoms with Crippen molar-refractivity contribution in [2.24, 2.45) is 0 Å². The van der Waals surface area contributed by atoms with Crippen molar-refractivity contribution < 1.29 is 17.7 Å². The van der Waals surface area contributed by atoms with Crippen LogP contribution in [0.15, 0.2) is 272 Å². The van der Waals surface area contributed by atoms with Crippen molar-refractivity contribution in [2.45, 2.75) is 11.8 Å². The van der Waals surface area contributed by atoms with Gasteiger partial charge in [0.25, 0.3) is 0 Å². The van der Waals surface area contributed by atoms with Gasteiger partial charge in [-0.25, -0.2) is 0 Å². The van der Waals surface area contributed by atoms with Crippen molar-refractivity contribution in [1.29, 1.82) is 0 Å². The predicted octanol–water partition coefficient (Wildman–Crippen LogP) is 20.1. The molecule has 0 spiro atoms. The van der Waals surface area contributed by atoms with E-state index in [-0.39, 0.29) is 11.8 Å². The largest absolute Gasteiger partial charge is 0.456 e. The first-order valence-corrected chi connectivity index (χ1v) is 26.0. The average Bonchev–Trinajstić information content (AvgIpc) is 4.37. The van der Waals surface area contributed by atoms with Crippen LogP contribution in [0.3, 0.4) is 0 Å². The van der Waals surface area contributed by atoms with E-state index in [0.717, 1.165) is 143 Å². The zero-order valence-electron chi connectivity index (χ0n) is 41.0. The van der Waals surface area contributed by atoms with Gasteiger partial charge in [0, 0.05) is 77.2 Å². The normalized spacial score (nSPS) is 12.9. The molecule has 0 N–H and O–H groups in total. The Bertz CT molecular complexity index is 4760. The zero-order valence-corrected chi connectivity index (χ0v) is 41.0. The van der Waals surface area contributed by atoms with Gasteiger partial charge in [0.2, 0.25) is 0 Å². The molecule has 0 aliphatic carbocycles. The van der Waals surface area contributed by atoms with Gasteiger partial charge in [-0.3, -0.25) is 0 Å². The van der Waals surface area contributed by atoms with Gasteiger partial charge in [-0.15, -0.1) is 0 Å². The molecule has 0 saturated heterocycles. The van der Waals surface area contributed by atoms with Crippen LogP contribution in [-0.4, -0.2) is 0 Å². The first-order valence-electron chi connectivity index (χ1n) is 26.0. The van der Waals surface area contributed by atoms with Crippen LogP contribution >= 0.6 is 0 Å². The zero-order chi connectivity index (χ0) is 49.8. The molecule has 0 bridgehead atoms. The van der Waals surface area contributed by atoms with E-state index in [9.17, 15) is 0 Å². The molecule has 0 aliphatic heterocycles. The van der Waals surface area contributed by atoms with Crippen molar-refractivity contribution in [3.63, 3.8) is 0 Å². The molecule has 356 valence electrons. The molecule has 16 rings (SSSR count). The highest BCUT2D eigenvalue weighted by molar-refractivity contribution is 6.27. The Morgan fingerprint density at radius 3 is 1.22 bits per heavy atom. The topological polar surface area (TPSA) is 52.6 Å². The molecular formula is C72H44O4. The van der Waals surface area contributed by atoms with Crippen LogP contribution in [0.5, 0.6) is 0 Å². The third kappa shape index (κ3) is 6.50. The van der Waals surface area contributed by atoms with Crippen molar-refractivity contribution in [3.05, 3.63) is 288 Å². The second-order valence-corrected chi connectivity index (χ2v) is 20.1. The number of hydrogen-bond donors (Lipinski definition) is 0. The molecule has 0 aliphatic rings. The van der Waals surface area contributed by atoms with Gasteiger partial charge in [0.05, 0.1) is 0 Å². The highest BCUT2D eigenvalue weighted by Crippen LogP contribution is 2.50. The summed E-state index contributed by atoms with van der Waals surface area (Å²) in [6, 6.07) is 90.8. The van der Waals surface area contributed by atoms with Crippen LogP contribution in [0, 0.1) is 0 Å². The molecule has 0 fully saturated rings. The van der Waals surface area contributed by atoms with E-state index in [2.05, 4.69) is 243 Å². The maximum atomic E-state index is 7.27. The lowest BCUT2D eigenvalue weighted by Gasteiger charge is -2.19. The molecule has 0 amide bonds. The number of rotatable bonds is 8. The van der Waals surface area contributed by atoms with E-state index in [1.165, 1.54) is 11.1 Å². The van der Waals surface area contributed by atoms with E-state index in [4.69, 9.17) is 17.7 Å². The van der Waals surface area contributed by atoms with Gasteiger partial charge in [0.1, 0.15) is 44.7 Å². The highest BCUT2D eigenvalue weighted by atomic mass is 16.3. The number of hydrogen-bond acceptors (Lipinski definition) is 4. The molecule has 4 aromatic heterocycles. The quantitative estimate of drug-likeness (QED) is 0.142. The fourth-order valence-electron chi connectivity index (χ4n) is 12.6. The minimum absolute atomic E-state index is 0.122. The van der Waals surface area contributed by atoms with Crippen molar-refractivity contribution in [1.82, 2.24) is 0 Å². The van der Waals surface area contributed by atoms with Gasteiger partial charge in [-0.2, -0.15) is 0 Å². The molecule has 76 heavy (non-hydrogen) atoms. The van der Waals surface area contributed by atoms with Crippen molar-refractivity contribution >= 4 is 98.5 Å². The number of para-hydroxylation sites is 4. The molecule has 2 atom stereocenters. The lowest BCUT2D eigenvalue weighted by Crippen LogP contribution is -2.03. The van der Waals surface area contributed by atoms with E-state index >= 15 is 0 Å². The molecule has 4 nitrogen and oxygen atoms in total. The van der Waals surface area contributed by atoms with E-state index in [1.807, 2.05) is 12.1 Å². The van der Waals surface area contributed by atoms with Gasteiger partial charge in [-0.1, -0.05) is 218 Å². The minimum Gasteiger partial charge on any atom is -0.456 e. The smallest absolute Gasteiger partial charge is 0.143 e. The molecule has 0 radical (unpaired) electrons. The lowest BCUT2D eigenvalue weighted by molar-refractivity contribution is 0.659. The predicted molar refractivity (Wildman–Crippen MR) is 312 cm³/mol. The Morgan fingerprint density at radius 2 is 0.658 bits per heavy atom. The summed E-state index contributed by atoms with van der Waals surface area (Å²) in [5, 5.41) is 10.9. The maximum Gasteiger partial charge on any atom is 0.143 e. The molecule has 0 saturated carbocycles. The fourth-order valence-corrected chi connectivity index (χ4v) is 12.6. The van der Waals surface area contributed by atoms with Crippen LogP contribution in [0.1, 0.15) is 45.2 Å². The maximum absolute atomic E-state index is 7.27. The Morgan fingerprint density at radius 1 is 0.224 bits per heavy atom. The first-order chi connectivity index (χ1) is 37.7.